The first-order valence-corrected chi connectivity index (χ1v) is 8.04. The first-order valence-electron chi connectivity index (χ1n) is 5.84. The van der Waals surface area contributed by atoms with E-state index < -0.39 is 15.8 Å². The second kappa shape index (κ2) is 5.38. The Kier molecular flexibility index (Phi) is 4.01. The molecule has 1 aliphatic heterocycles. The zero-order valence-electron chi connectivity index (χ0n) is 10.1. The number of sulfone groups is 1. The van der Waals surface area contributed by atoms with E-state index in [0.29, 0.717) is 18.7 Å². The van der Waals surface area contributed by atoms with Gasteiger partial charge in [0.05, 0.1) is 22.1 Å². The quantitative estimate of drug-likeness (QED) is 0.887. The number of carbonyl (C=O) groups is 1. The lowest BCUT2D eigenvalue weighted by atomic mass is 10.1. The minimum absolute atomic E-state index is 0.0515. The van der Waals surface area contributed by atoms with Crippen molar-refractivity contribution in [3.05, 3.63) is 28.8 Å². The number of carboxylic acid groups (broad SMARTS) is 1. The van der Waals surface area contributed by atoms with Crippen molar-refractivity contribution in [2.24, 2.45) is 5.92 Å². The average Bonchev–Trinajstić information content (AvgIpc) is 2.66. The molecule has 1 aliphatic rings. The number of anilines is 1. The van der Waals surface area contributed by atoms with Gasteiger partial charge in [0.25, 0.3) is 0 Å². The monoisotopic (exact) mass is 303 g/mol. The van der Waals surface area contributed by atoms with E-state index in [-0.39, 0.29) is 28.0 Å². The molecule has 1 heterocycles. The molecule has 0 bridgehead atoms. The van der Waals surface area contributed by atoms with Crippen molar-refractivity contribution in [3.8, 4) is 0 Å². The summed E-state index contributed by atoms with van der Waals surface area (Å²) in [6.45, 7) is 0.544. The molecule has 2 N–H and O–H groups in total. The third kappa shape index (κ3) is 3.61. The number of benzene rings is 1. The Morgan fingerprint density at radius 2 is 2.21 bits per heavy atom. The third-order valence-corrected chi connectivity index (χ3v) is 5.27. The van der Waals surface area contributed by atoms with E-state index in [1.807, 2.05) is 0 Å². The van der Waals surface area contributed by atoms with Crippen LogP contribution in [-0.4, -0.2) is 37.5 Å². The largest absolute Gasteiger partial charge is 0.478 e. The highest BCUT2D eigenvalue weighted by atomic mass is 35.5. The summed E-state index contributed by atoms with van der Waals surface area (Å²) in [5, 5.41) is 12.1. The Balaban J connectivity index is 1.97. The lowest BCUT2D eigenvalue weighted by Gasteiger charge is -2.11. The first-order chi connectivity index (χ1) is 8.87. The van der Waals surface area contributed by atoms with E-state index in [9.17, 15) is 13.2 Å². The van der Waals surface area contributed by atoms with Gasteiger partial charge in [0, 0.05) is 12.2 Å². The van der Waals surface area contributed by atoms with Crippen molar-refractivity contribution in [3.63, 3.8) is 0 Å². The van der Waals surface area contributed by atoms with Gasteiger partial charge in [-0.3, -0.25) is 0 Å². The number of hydrogen-bond acceptors (Lipinski definition) is 4. The highest BCUT2D eigenvalue weighted by molar-refractivity contribution is 7.91. The van der Waals surface area contributed by atoms with Crippen LogP contribution in [0, 0.1) is 5.92 Å². The zero-order chi connectivity index (χ0) is 14.0. The van der Waals surface area contributed by atoms with Crippen molar-refractivity contribution in [1.82, 2.24) is 0 Å². The molecule has 7 heteroatoms. The number of halogens is 1. The summed E-state index contributed by atoms with van der Waals surface area (Å²) in [7, 11) is -2.87. The van der Waals surface area contributed by atoms with Gasteiger partial charge in [0.1, 0.15) is 0 Å². The van der Waals surface area contributed by atoms with E-state index >= 15 is 0 Å². The molecule has 1 fully saturated rings. The molecule has 0 saturated carbocycles. The highest BCUT2D eigenvalue weighted by Gasteiger charge is 2.27. The van der Waals surface area contributed by atoms with Gasteiger partial charge in [-0.25, -0.2) is 13.2 Å². The van der Waals surface area contributed by atoms with Crippen LogP contribution in [0.1, 0.15) is 16.8 Å². The van der Waals surface area contributed by atoms with Crippen LogP contribution >= 0.6 is 11.6 Å². The number of rotatable bonds is 4. The maximum Gasteiger partial charge on any atom is 0.337 e. The highest BCUT2D eigenvalue weighted by Crippen LogP contribution is 2.23. The third-order valence-electron chi connectivity index (χ3n) is 3.12. The smallest absolute Gasteiger partial charge is 0.337 e. The van der Waals surface area contributed by atoms with Crippen molar-refractivity contribution >= 4 is 33.1 Å². The lowest BCUT2D eigenvalue weighted by Crippen LogP contribution is -2.15. The summed E-state index contributed by atoms with van der Waals surface area (Å²) >= 11 is 5.85. The molecule has 1 atom stereocenters. The number of hydrogen-bond donors (Lipinski definition) is 2. The van der Waals surface area contributed by atoms with Crippen LogP contribution in [0.3, 0.4) is 0 Å². The predicted octanol–water partition coefficient (Wildman–Crippen LogP) is 1.88. The van der Waals surface area contributed by atoms with Crippen molar-refractivity contribution < 1.29 is 18.3 Å². The Hall–Kier alpha value is -1.27. The second-order valence-electron chi connectivity index (χ2n) is 4.65. The molecule has 0 spiro atoms. The number of carboxylic acids is 1. The Morgan fingerprint density at radius 1 is 1.47 bits per heavy atom. The Bertz CT molecular complexity index is 600. The van der Waals surface area contributed by atoms with Crippen LogP contribution in [0.2, 0.25) is 5.02 Å². The van der Waals surface area contributed by atoms with E-state index in [0.717, 1.165) is 0 Å². The standard InChI is InChI=1S/C12H14ClNO4S/c13-11-5-9(1-2-10(11)12(15)16)14-6-8-3-4-19(17,18)7-8/h1-2,5,8,14H,3-4,6-7H2,(H,15,16). The van der Waals surface area contributed by atoms with Crippen LogP contribution in [0.15, 0.2) is 18.2 Å². The lowest BCUT2D eigenvalue weighted by molar-refractivity contribution is 0.0697. The van der Waals surface area contributed by atoms with Gasteiger partial charge in [-0.1, -0.05) is 11.6 Å². The van der Waals surface area contributed by atoms with Gasteiger partial charge in [-0.2, -0.15) is 0 Å². The van der Waals surface area contributed by atoms with Gasteiger partial charge in [0.2, 0.25) is 0 Å². The summed E-state index contributed by atoms with van der Waals surface area (Å²) < 4.78 is 22.6. The molecule has 5 nitrogen and oxygen atoms in total. The van der Waals surface area contributed by atoms with Crippen molar-refractivity contribution in [2.75, 3.05) is 23.4 Å². The van der Waals surface area contributed by atoms with Crippen molar-refractivity contribution in [1.29, 1.82) is 0 Å². The second-order valence-corrected chi connectivity index (χ2v) is 7.29. The molecule has 1 aromatic rings. The normalized spacial score (nSPS) is 21.2. The molecule has 0 aromatic heterocycles. The van der Waals surface area contributed by atoms with E-state index in [4.69, 9.17) is 16.7 Å². The van der Waals surface area contributed by atoms with Crippen LogP contribution in [0.4, 0.5) is 5.69 Å². The zero-order valence-corrected chi connectivity index (χ0v) is 11.7. The molecule has 104 valence electrons. The van der Waals surface area contributed by atoms with E-state index in [1.165, 1.54) is 12.1 Å². The van der Waals surface area contributed by atoms with Gasteiger partial charge >= 0.3 is 5.97 Å². The SMILES string of the molecule is O=C(O)c1ccc(NCC2CCS(=O)(=O)C2)cc1Cl. The molecule has 1 aromatic carbocycles. The fourth-order valence-electron chi connectivity index (χ4n) is 2.09. The minimum atomic E-state index is -2.87. The Labute approximate surface area is 116 Å². The molecule has 0 radical (unpaired) electrons. The fourth-order valence-corrected chi connectivity index (χ4v) is 4.22. The molecule has 1 saturated heterocycles. The summed E-state index contributed by atoms with van der Waals surface area (Å²) in [6, 6.07) is 4.59. The number of aromatic carboxylic acids is 1. The molecular weight excluding hydrogens is 290 g/mol. The maximum atomic E-state index is 11.3. The molecule has 1 unspecified atom stereocenters. The summed E-state index contributed by atoms with van der Waals surface area (Å²) in [4.78, 5) is 10.8. The molecule has 0 amide bonds. The summed E-state index contributed by atoms with van der Waals surface area (Å²) in [5.41, 5.74) is 0.745. The van der Waals surface area contributed by atoms with E-state index in [2.05, 4.69) is 5.32 Å². The molecular formula is C12H14ClNO4S. The van der Waals surface area contributed by atoms with Crippen LogP contribution in [-0.2, 0) is 9.84 Å². The average molecular weight is 304 g/mol. The summed E-state index contributed by atoms with van der Waals surface area (Å²) in [6.07, 6.45) is 0.663. The molecule has 2 rings (SSSR count). The minimum Gasteiger partial charge on any atom is -0.478 e. The van der Waals surface area contributed by atoms with Crippen molar-refractivity contribution in [2.45, 2.75) is 6.42 Å². The van der Waals surface area contributed by atoms with E-state index in [1.54, 1.807) is 6.07 Å². The van der Waals surface area contributed by atoms with Gasteiger partial charge in [-0.15, -0.1) is 0 Å². The number of nitrogens with one attached hydrogen (secondary N) is 1. The Morgan fingerprint density at radius 3 is 2.74 bits per heavy atom. The maximum absolute atomic E-state index is 11.3. The molecule has 19 heavy (non-hydrogen) atoms. The van der Waals surface area contributed by atoms with Gasteiger partial charge in [-0.05, 0) is 30.5 Å². The van der Waals surface area contributed by atoms with Crippen LogP contribution in [0.25, 0.3) is 0 Å². The fraction of sp³-hybridized carbons (Fsp3) is 0.417. The first kappa shape index (κ1) is 14.1. The summed E-state index contributed by atoms with van der Waals surface area (Å²) in [5.74, 6) is -0.514. The van der Waals surface area contributed by atoms with Crippen LogP contribution < -0.4 is 5.32 Å². The van der Waals surface area contributed by atoms with Gasteiger partial charge in [0.15, 0.2) is 9.84 Å². The van der Waals surface area contributed by atoms with Crippen LogP contribution in [0.5, 0.6) is 0 Å². The topological polar surface area (TPSA) is 83.5 Å². The predicted molar refractivity (Wildman–Crippen MR) is 73.7 cm³/mol. The molecule has 0 aliphatic carbocycles. The van der Waals surface area contributed by atoms with Gasteiger partial charge < -0.3 is 10.4 Å².